The van der Waals surface area contributed by atoms with Crippen LogP contribution < -0.4 is 20.9 Å². The number of anilines is 2. The fourth-order valence-electron chi connectivity index (χ4n) is 6.88. The van der Waals surface area contributed by atoms with Gasteiger partial charge in [0.25, 0.3) is 0 Å². The number of amides is 3. The number of ether oxygens (including phenoxy) is 2. The maximum absolute atomic E-state index is 14.5. The molecule has 60 heavy (non-hydrogen) atoms. The van der Waals surface area contributed by atoms with Gasteiger partial charge in [0.15, 0.2) is 0 Å². The number of primary amides is 1. The maximum Gasteiger partial charge on any atom is 0.490 e. The van der Waals surface area contributed by atoms with Crippen LogP contribution >= 0.6 is 11.6 Å². The Kier molecular flexibility index (Phi) is 15.1. The van der Waals surface area contributed by atoms with E-state index >= 15 is 0 Å². The smallest absolute Gasteiger partial charge is 0.475 e. The number of alkyl carbamates (subject to hydrolysis) is 1. The number of rotatable bonds is 11. The Bertz CT molecular complexity index is 2070. The average molecular weight is 858 g/mol. The summed E-state index contributed by atoms with van der Waals surface area (Å²) in [6, 6.07) is 15.8. The van der Waals surface area contributed by atoms with E-state index < -0.39 is 35.8 Å². The molecule has 2 aromatic heterocycles. The van der Waals surface area contributed by atoms with Gasteiger partial charge in [0, 0.05) is 55.0 Å². The van der Waals surface area contributed by atoms with Gasteiger partial charge in [-0.05, 0) is 99.0 Å². The van der Waals surface area contributed by atoms with Crippen molar-refractivity contribution in [3.8, 4) is 22.5 Å². The molecule has 0 bridgehead atoms. The molecule has 16 nitrogen and oxygen atoms in total. The standard InChI is InChI=1S/C38H46ClN9O5.C2HF3O2/c1-38(2,3)53-37(51)42-23-25-6-10-28(11-7-25)36(50)48(29-14-12-27(13-15-29)34-43-45-46-44-34)31(33(40)49)22-24-4-8-26(9-5-24)30-16-17-41-35(32(30)39)47-18-20-52-21-19-47;3-2(4,5)1(6)7/h4-5,8-9,12-17,25,28,31H,6-7,10-11,18-23H2,1-3H3,(H2,40,49)(H,42,51)(H,43,44,45,46);(H,6,7)/t25?,28?,31-;/m0./s1. The summed E-state index contributed by atoms with van der Waals surface area (Å²) in [7, 11) is 0. The van der Waals surface area contributed by atoms with Crippen LogP contribution in [0.25, 0.3) is 22.5 Å². The van der Waals surface area contributed by atoms with E-state index in [1.54, 1.807) is 35.4 Å². The molecule has 1 saturated carbocycles. The number of pyridine rings is 1. The van der Waals surface area contributed by atoms with Crippen LogP contribution in [0, 0.1) is 11.8 Å². The van der Waals surface area contributed by atoms with Gasteiger partial charge in [-0.25, -0.2) is 14.6 Å². The van der Waals surface area contributed by atoms with Crippen molar-refractivity contribution in [2.24, 2.45) is 17.6 Å². The largest absolute Gasteiger partial charge is 0.490 e. The highest BCUT2D eigenvalue weighted by molar-refractivity contribution is 6.35. The molecule has 2 fully saturated rings. The molecular formula is C40H47ClF3N9O7. The molecule has 2 aliphatic rings. The van der Waals surface area contributed by atoms with E-state index in [0.717, 1.165) is 35.3 Å². The number of nitrogens with zero attached hydrogens (tertiary/aromatic N) is 6. The zero-order valence-electron chi connectivity index (χ0n) is 33.2. The fraction of sp³-hybridized carbons (Fsp3) is 0.450. The van der Waals surface area contributed by atoms with Crippen molar-refractivity contribution in [2.45, 2.75) is 70.7 Å². The topological polar surface area (TPSA) is 219 Å². The molecule has 0 spiro atoms. The predicted molar refractivity (Wildman–Crippen MR) is 215 cm³/mol. The molecule has 1 saturated heterocycles. The Balaban J connectivity index is 0.000000896. The number of H-pyrrole nitrogens is 1. The zero-order valence-corrected chi connectivity index (χ0v) is 34.0. The van der Waals surface area contributed by atoms with E-state index in [0.29, 0.717) is 67.8 Å². The van der Waals surface area contributed by atoms with Gasteiger partial charge >= 0.3 is 18.2 Å². The number of aromatic amines is 1. The van der Waals surface area contributed by atoms with E-state index in [1.165, 1.54) is 0 Å². The van der Waals surface area contributed by atoms with Gasteiger partial charge in [-0.3, -0.25) is 14.5 Å². The third-order valence-corrected chi connectivity index (χ3v) is 10.2. The SMILES string of the molecule is CC(C)(C)OC(=O)NCC1CCC(C(=O)N(c2ccc(-c3nn[nH]n3)cc2)[C@@H](Cc2ccc(-c3ccnc(N4CCOCC4)c3Cl)cc2)C(N)=O)CC1.O=C(O)C(F)(F)F. The fourth-order valence-corrected chi connectivity index (χ4v) is 7.22. The number of aromatic nitrogens is 5. The van der Waals surface area contributed by atoms with Crippen LogP contribution in [0.1, 0.15) is 52.0 Å². The number of carboxylic acid groups (broad SMARTS) is 1. The first-order chi connectivity index (χ1) is 28.4. The number of tetrazole rings is 1. The molecule has 0 unspecified atom stereocenters. The van der Waals surface area contributed by atoms with E-state index in [1.807, 2.05) is 51.1 Å². The third kappa shape index (κ3) is 12.4. The summed E-state index contributed by atoms with van der Waals surface area (Å²) in [6.07, 6.45) is -0.889. The molecule has 3 amide bonds. The van der Waals surface area contributed by atoms with Gasteiger partial charge in [0.1, 0.15) is 17.5 Å². The second-order valence-corrected chi connectivity index (χ2v) is 15.7. The molecule has 322 valence electrons. The summed E-state index contributed by atoms with van der Waals surface area (Å²) in [5, 5.41) is 24.7. The first-order valence-electron chi connectivity index (χ1n) is 19.2. The van der Waals surface area contributed by atoms with Gasteiger partial charge in [0.2, 0.25) is 17.6 Å². The van der Waals surface area contributed by atoms with Crippen LogP contribution in [0.4, 0.5) is 29.5 Å². The number of nitrogens with two attached hydrogens (primary N) is 1. The van der Waals surface area contributed by atoms with Crippen molar-refractivity contribution in [1.29, 1.82) is 0 Å². The lowest BCUT2D eigenvalue weighted by Crippen LogP contribution is -2.52. The lowest BCUT2D eigenvalue weighted by Gasteiger charge is -2.36. The number of carbonyl (C=O) groups is 4. The van der Waals surface area contributed by atoms with E-state index in [4.69, 9.17) is 36.7 Å². The molecule has 5 N–H and O–H groups in total. The van der Waals surface area contributed by atoms with Crippen molar-refractivity contribution in [1.82, 2.24) is 30.9 Å². The first-order valence-corrected chi connectivity index (χ1v) is 19.6. The summed E-state index contributed by atoms with van der Waals surface area (Å²) in [5.41, 5.74) is 9.33. The highest BCUT2D eigenvalue weighted by Crippen LogP contribution is 2.36. The van der Waals surface area contributed by atoms with Crippen molar-refractivity contribution in [2.75, 3.05) is 42.6 Å². The third-order valence-electron chi connectivity index (χ3n) is 9.87. The number of benzene rings is 2. The van der Waals surface area contributed by atoms with E-state index in [9.17, 15) is 27.6 Å². The zero-order chi connectivity index (χ0) is 43.6. The Labute approximate surface area is 348 Å². The lowest BCUT2D eigenvalue weighted by molar-refractivity contribution is -0.192. The summed E-state index contributed by atoms with van der Waals surface area (Å²) in [6.45, 7) is 8.60. The van der Waals surface area contributed by atoms with E-state index in [-0.39, 0.29) is 24.2 Å². The van der Waals surface area contributed by atoms with Crippen LogP contribution in [0.15, 0.2) is 60.8 Å². The van der Waals surface area contributed by atoms with Crippen LogP contribution in [-0.2, 0) is 30.3 Å². The highest BCUT2D eigenvalue weighted by Gasteiger charge is 2.38. The number of halogens is 4. The Morgan fingerprint density at radius 1 is 1.00 bits per heavy atom. The summed E-state index contributed by atoms with van der Waals surface area (Å²) in [4.78, 5) is 57.1. The molecule has 4 aromatic rings. The molecule has 1 aliphatic heterocycles. The average Bonchev–Trinajstić information content (AvgIpc) is 3.76. The highest BCUT2D eigenvalue weighted by atomic mass is 35.5. The van der Waals surface area contributed by atoms with Crippen molar-refractivity contribution in [3.63, 3.8) is 0 Å². The van der Waals surface area contributed by atoms with E-state index in [2.05, 4.69) is 35.8 Å². The number of carbonyl (C=O) groups excluding carboxylic acids is 3. The monoisotopic (exact) mass is 857 g/mol. The number of hydrogen-bond acceptors (Lipinski definition) is 11. The molecule has 6 rings (SSSR count). The molecule has 0 radical (unpaired) electrons. The molecule has 1 atom stereocenters. The summed E-state index contributed by atoms with van der Waals surface area (Å²) in [5.74, 6) is -2.54. The molecule has 3 heterocycles. The van der Waals surface area contributed by atoms with Gasteiger partial charge < -0.3 is 30.5 Å². The van der Waals surface area contributed by atoms with Gasteiger partial charge in [-0.2, -0.15) is 18.4 Å². The minimum Gasteiger partial charge on any atom is -0.475 e. The number of nitrogens with one attached hydrogen (secondary N) is 2. The summed E-state index contributed by atoms with van der Waals surface area (Å²) < 4.78 is 42.6. The Morgan fingerprint density at radius 2 is 1.62 bits per heavy atom. The van der Waals surface area contributed by atoms with Crippen molar-refractivity contribution in [3.05, 3.63) is 71.4 Å². The van der Waals surface area contributed by atoms with Crippen LogP contribution in [0.5, 0.6) is 0 Å². The number of carboxylic acids is 1. The van der Waals surface area contributed by atoms with Crippen LogP contribution in [-0.4, -0.2) is 105 Å². The summed E-state index contributed by atoms with van der Waals surface area (Å²) >= 11 is 6.88. The lowest BCUT2D eigenvalue weighted by atomic mass is 9.81. The second-order valence-electron chi connectivity index (χ2n) is 15.3. The number of hydrogen-bond donors (Lipinski definition) is 4. The molecule has 2 aromatic carbocycles. The van der Waals surface area contributed by atoms with Crippen LogP contribution in [0.3, 0.4) is 0 Å². The number of aliphatic carboxylic acids is 1. The van der Waals surface area contributed by atoms with Crippen molar-refractivity contribution < 1.29 is 46.9 Å². The normalized spacial score (nSPS) is 17.4. The second kappa shape index (κ2) is 20.0. The van der Waals surface area contributed by atoms with Crippen LogP contribution in [0.2, 0.25) is 5.02 Å². The Morgan fingerprint density at radius 3 is 2.17 bits per heavy atom. The number of alkyl halides is 3. The molecular weight excluding hydrogens is 811 g/mol. The molecule has 20 heteroatoms. The number of morpholine rings is 1. The molecule has 1 aliphatic carbocycles. The minimum absolute atomic E-state index is 0.171. The first kappa shape index (κ1) is 45.3. The van der Waals surface area contributed by atoms with Crippen molar-refractivity contribution >= 4 is 47.0 Å². The van der Waals surface area contributed by atoms with Gasteiger partial charge in [-0.15, -0.1) is 10.2 Å². The quantitative estimate of drug-likeness (QED) is 0.140. The Hall–Kier alpha value is -5.82. The maximum atomic E-state index is 14.5. The predicted octanol–water partition coefficient (Wildman–Crippen LogP) is 5.81. The van der Waals surface area contributed by atoms with Gasteiger partial charge in [-0.1, -0.05) is 35.9 Å². The minimum atomic E-state index is -5.08. The van der Waals surface area contributed by atoms with Gasteiger partial charge in [0.05, 0.1) is 18.2 Å².